The van der Waals surface area contributed by atoms with Gasteiger partial charge < -0.3 is 8.85 Å². The number of hydrogen-bond acceptors (Lipinski definition) is 2. The van der Waals surface area contributed by atoms with Gasteiger partial charge in [-0.05, 0) is 59.6 Å². The third kappa shape index (κ3) is 10.6. The maximum atomic E-state index is 6.00. The van der Waals surface area contributed by atoms with Crippen molar-refractivity contribution in [3.8, 4) is 0 Å². The zero-order valence-electron chi connectivity index (χ0n) is 11.7. The van der Waals surface area contributed by atoms with Crippen molar-refractivity contribution in [1.29, 1.82) is 0 Å². The van der Waals surface area contributed by atoms with Crippen LogP contribution in [0.5, 0.6) is 0 Å². The summed E-state index contributed by atoms with van der Waals surface area (Å²) in [4.78, 5) is 0. The summed E-state index contributed by atoms with van der Waals surface area (Å²) >= 11 is 0. The third-order valence-corrected chi connectivity index (χ3v) is 3.99. The Hall–Kier alpha value is 0.354. The van der Waals surface area contributed by atoms with E-state index in [9.17, 15) is 0 Å². The van der Waals surface area contributed by atoms with Gasteiger partial charge in [-0.3, -0.25) is 0 Å². The van der Waals surface area contributed by atoms with Gasteiger partial charge in [0.25, 0.3) is 0 Å². The molecule has 0 aliphatic carbocycles. The van der Waals surface area contributed by atoms with Crippen LogP contribution in [0.3, 0.4) is 0 Å². The summed E-state index contributed by atoms with van der Waals surface area (Å²) < 4.78 is 12.0. The van der Waals surface area contributed by atoms with E-state index in [1.165, 1.54) is 0 Å². The van der Waals surface area contributed by atoms with Crippen LogP contribution in [-0.2, 0) is 8.85 Å². The van der Waals surface area contributed by atoms with Crippen molar-refractivity contribution in [3.05, 3.63) is 0 Å². The maximum Gasteiger partial charge on any atom is 0.184 e. The minimum Gasteiger partial charge on any atom is -0.415 e. The Bertz CT molecular complexity index is 162. The maximum absolute atomic E-state index is 6.00. The molecule has 0 heterocycles. The Labute approximate surface area is 97.6 Å². The van der Waals surface area contributed by atoms with Gasteiger partial charge in [0.1, 0.15) is 0 Å². The second-order valence-corrected chi connectivity index (χ2v) is 15.2. The van der Waals surface area contributed by atoms with Gasteiger partial charge in [0.15, 0.2) is 16.6 Å². The molecule has 0 N–H and O–H groups in total. The Morgan fingerprint density at radius 3 is 1.20 bits per heavy atom. The van der Waals surface area contributed by atoms with E-state index in [2.05, 4.69) is 53.1 Å². The number of hydrogen-bond donors (Lipinski definition) is 0. The predicted octanol–water partition coefficient (Wildman–Crippen LogP) is 3.86. The highest BCUT2D eigenvalue weighted by molar-refractivity contribution is 6.70. The van der Waals surface area contributed by atoms with Crippen molar-refractivity contribution < 1.29 is 8.85 Å². The molecule has 15 heavy (non-hydrogen) atoms. The smallest absolute Gasteiger partial charge is 0.184 e. The summed E-state index contributed by atoms with van der Waals surface area (Å²) in [5.74, 6) is 0. The van der Waals surface area contributed by atoms with Gasteiger partial charge >= 0.3 is 0 Å². The van der Waals surface area contributed by atoms with E-state index >= 15 is 0 Å². The van der Waals surface area contributed by atoms with E-state index < -0.39 is 16.6 Å². The Morgan fingerprint density at radius 1 is 0.733 bits per heavy atom. The van der Waals surface area contributed by atoms with Crippen LogP contribution in [0, 0.1) is 0 Å². The third-order valence-electron chi connectivity index (χ3n) is 1.77. The highest BCUT2D eigenvalue weighted by atomic mass is 28.4. The van der Waals surface area contributed by atoms with Gasteiger partial charge in [0.2, 0.25) is 0 Å². The standard InChI is InChI=1S/C11H28O2Si2/c1-10(12-14(3,4)5)9-11(2)13-15(6,7)8/h10-11H,9H2,1-8H3/t10-,11-/m1/s1. The molecular weight excluding hydrogens is 220 g/mol. The molecule has 0 saturated heterocycles. The van der Waals surface area contributed by atoms with E-state index in [4.69, 9.17) is 8.85 Å². The summed E-state index contributed by atoms with van der Waals surface area (Å²) in [5.41, 5.74) is 0. The molecule has 0 aromatic heterocycles. The monoisotopic (exact) mass is 248 g/mol. The van der Waals surface area contributed by atoms with Crippen molar-refractivity contribution in [2.75, 3.05) is 0 Å². The van der Waals surface area contributed by atoms with E-state index in [0.29, 0.717) is 12.2 Å². The summed E-state index contributed by atoms with van der Waals surface area (Å²) in [7, 11) is -2.78. The molecule has 0 amide bonds. The zero-order chi connectivity index (χ0) is 12.3. The molecule has 0 saturated carbocycles. The van der Waals surface area contributed by atoms with Crippen LogP contribution in [0.1, 0.15) is 20.3 Å². The summed E-state index contributed by atoms with van der Waals surface area (Å²) in [6.07, 6.45) is 1.65. The van der Waals surface area contributed by atoms with Gasteiger partial charge in [-0.25, -0.2) is 0 Å². The SMILES string of the molecule is C[C@H](C[C@@H](C)O[Si](C)(C)C)O[Si](C)(C)C. The van der Waals surface area contributed by atoms with Crippen molar-refractivity contribution in [2.24, 2.45) is 0 Å². The van der Waals surface area contributed by atoms with E-state index in [1.54, 1.807) is 0 Å². The lowest BCUT2D eigenvalue weighted by Gasteiger charge is -2.29. The molecule has 0 aliphatic heterocycles. The first-order valence-corrected chi connectivity index (χ1v) is 12.7. The molecule has 92 valence electrons. The van der Waals surface area contributed by atoms with Gasteiger partial charge in [0, 0.05) is 12.2 Å². The fraction of sp³-hybridized carbons (Fsp3) is 1.00. The average Bonchev–Trinajstić information content (AvgIpc) is 1.73. The molecular formula is C11H28O2Si2. The lowest BCUT2D eigenvalue weighted by Crippen LogP contribution is -2.35. The second-order valence-electron chi connectivity index (χ2n) is 6.32. The molecule has 0 unspecified atom stereocenters. The van der Waals surface area contributed by atoms with Crippen LogP contribution in [0.2, 0.25) is 39.3 Å². The Morgan fingerprint density at radius 2 is 1.00 bits per heavy atom. The summed E-state index contributed by atoms with van der Waals surface area (Å²) in [6, 6.07) is 0. The fourth-order valence-electron chi connectivity index (χ4n) is 1.77. The van der Waals surface area contributed by atoms with Gasteiger partial charge in [-0.15, -0.1) is 0 Å². The first-order chi connectivity index (χ1) is 6.49. The van der Waals surface area contributed by atoms with Crippen LogP contribution in [0.4, 0.5) is 0 Å². The minimum atomic E-state index is -1.39. The van der Waals surface area contributed by atoms with Gasteiger partial charge in [0.05, 0.1) is 0 Å². The molecule has 4 heteroatoms. The molecule has 0 radical (unpaired) electrons. The zero-order valence-corrected chi connectivity index (χ0v) is 13.7. The quantitative estimate of drug-likeness (QED) is 0.665. The molecule has 0 aromatic carbocycles. The molecule has 0 spiro atoms. The highest BCUT2D eigenvalue weighted by Crippen LogP contribution is 2.15. The lowest BCUT2D eigenvalue weighted by molar-refractivity contribution is 0.123. The van der Waals surface area contributed by atoms with E-state index in [0.717, 1.165) is 6.42 Å². The Balaban J connectivity index is 3.92. The highest BCUT2D eigenvalue weighted by Gasteiger charge is 2.23. The Kier molecular flexibility index (Phi) is 5.75. The summed E-state index contributed by atoms with van der Waals surface area (Å²) in [6.45, 7) is 17.7. The van der Waals surface area contributed by atoms with E-state index in [-0.39, 0.29) is 0 Å². The molecule has 2 atom stereocenters. The van der Waals surface area contributed by atoms with Crippen molar-refractivity contribution >= 4 is 16.6 Å². The van der Waals surface area contributed by atoms with Crippen LogP contribution in [0.15, 0.2) is 0 Å². The topological polar surface area (TPSA) is 18.5 Å². The minimum absolute atomic E-state index is 0.322. The van der Waals surface area contributed by atoms with E-state index in [1.807, 2.05) is 0 Å². The van der Waals surface area contributed by atoms with Crippen LogP contribution >= 0.6 is 0 Å². The number of rotatable bonds is 6. The summed E-state index contributed by atoms with van der Waals surface area (Å²) in [5, 5.41) is 0. The fourth-order valence-corrected chi connectivity index (χ4v) is 4.38. The largest absolute Gasteiger partial charge is 0.415 e. The predicted molar refractivity (Wildman–Crippen MR) is 72.4 cm³/mol. The van der Waals surface area contributed by atoms with Crippen LogP contribution in [0.25, 0.3) is 0 Å². The van der Waals surface area contributed by atoms with Crippen molar-refractivity contribution in [2.45, 2.75) is 71.8 Å². The normalized spacial score (nSPS) is 17.6. The molecule has 0 aliphatic rings. The van der Waals surface area contributed by atoms with Gasteiger partial charge in [-0.2, -0.15) is 0 Å². The molecule has 0 fully saturated rings. The molecule has 0 bridgehead atoms. The van der Waals surface area contributed by atoms with Crippen molar-refractivity contribution in [3.63, 3.8) is 0 Å². The van der Waals surface area contributed by atoms with Crippen LogP contribution < -0.4 is 0 Å². The van der Waals surface area contributed by atoms with Crippen LogP contribution in [-0.4, -0.2) is 28.8 Å². The molecule has 0 aromatic rings. The lowest BCUT2D eigenvalue weighted by atomic mass is 10.2. The van der Waals surface area contributed by atoms with Crippen molar-refractivity contribution in [1.82, 2.24) is 0 Å². The first-order valence-electron chi connectivity index (χ1n) is 5.85. The van der Waals surface area contributed by atoms with Gasteiger partial charge in [-0.1, -0.05) is 0 Å². The average molecular weight is 249 g/mol. The molecule has 0 rings (SSSR count). The molecule has 2 nitrogen and oxygen atoms in total. The first kappa shape index (κ1) is 15.4. The second kappa shape index (κ2) is 5.61.